The first-order chi connectivity index (χ1) is 21.5. The molecule has 1 aromatic heterocycles. The number of hydrogen-bond donors (Lipinski definition) is 3. The summed E-state index contributed by atoms with van der Waals surface area (Å²) in [7, 11) is 0. The lowest BCUT2D eigenvalue weighted by molar-refractivity contribution is -0.167. The molecular weight excluding hydrogens is 582 g/mol. The molecule has 236 valence electrons. The molecule has 45 heavy (non-hydrogen) atoms. The Kier molecular flexibility index (Phi) is 6.92. The summed E-state index contributed by atoms with van der Waals surface area (Å²) in [6.45, 7) is 1.47. The molecular formula is C33H36F2N6O4. The van der Waals surface area contributed by atoms with Crippen LogP contribution in [0.5, 0.6) is 5.75 Å². The Morgan fingerprint density at radius 3 is 2.62 bits per heavy atom. The lowest BCUT2D eigenvalue weighted by Crippen LogP contribution is -2.55. The summed E-state index contributed by atoms with van der Waals surface area (Å²) in [5.74, 6) is -2.65. The van der Waals surface area contributed by atoms with E-state index in [4.69, 9.17) is 10.3 Å². The molecule has 3 N–H and O–H groups in total. The fraction of sp³-hybridized carbons (Fsp3) is 0.515. The van der Waals surface area contributed by atoms with Crippen LogP contribution in [0.4, 0.5) is 8.78 Å². The van der Waals surface area contributed by atoms with Crippen LogP contribution in [0.15, 0.2) is 59.2 Å². The van der Waals surface area contributed by atoms with Gasteiger partial charge in [0.05, 0.1) is 18.4 Å². The first kappa shape index (κ1) is 29.6. The number of halogens is 2. The Labute approximate surface area is 259 Å². The number of aliphatic hydroxyl groups is 1. The average molecular weight is 619 g/mol. The third kappa shape index (κ3) is 4.67. The van der Waals surface area contributed by atoms with Gasteiger partial charge in [-0.2, -0.15) is 10.6 Å². The van der Waals surface area contributed by atoms with E-state index in [1.165, 1.54) is 36.4 Å². The van der Waals surface area contributed by atoms with Crippen molar-refractivity contribution in [3.05, 3.63) is 64.8 Å². The van der Waals surface area contributed by atoms with Gasteiger partial charge in [-0.1, -0.05) is 36.4 Å². The van der Waals surface area contributed by atoms with E-state index in [0.717, 1.165) is 38.5 Å². The average Bonchev–Trinajstić information content (AvgIpc) is 3.56. The summed E-state index contributed by atoms with van der Waals surface area (Å²) in [5.41, 5.74) is 8.03. The molecule has 2 aromatic carbocycles. The standard InChI is InChI=1S/C33H36F2N6O4/c1-2-32(34,35)33(39-44)26-6-4-3-5-24(26)29-25(22-16-37-41(17-22)18-28(42)38-40-36)10-23(11-27(29)33)45-8-7-30-12-20-9-21(13-30)15-31(43,14-20)19-30/h3-6,10-11,16-17,20-21,43H,2,7-9,12-15,18-19H2,1H3,(H2,36,38,42)/t20?,21?,30?,31?,33-/m1/s1. The van der Waals surface area contributed by atoms with E-state index in [2.05, 4.69) is 15.5 Å². The van der Waals surface area contributed by atoms with E-state index in [9.17, 15) is 14.8 Å². The predicted octanol–water partition coefficient (Wildman–Crippen LogP) is 6.75. The molecule has 3 aromatic rings. The SMILES string of the molecule is CCC(F)(F)[C@@]1(N=O)c2ccccc2-c2c(-c3cnn(CC(=O)NN=N)c3)cc(OCCC34CC5CC(CC(O)(C5)C3)C4)cc21. The Bertz CT molecular complexity index is 1680. The molecule has 5 aliphatic carbocycles. The van der Waals surface area contributed by atoms with Gasteiger partial charge < -0.3 is 9.84 Å². The van der Waals surface area contributed by atoms with E-state index in [1.807, 2.05) is 5.43 Å². The van der Waals surface area contributed by atoms with Crippen LogP contribution in [0.1, 0.15) is 69.4 Å². The Morgan fingerprint density at radius 1 is 1.18 bits per heavy atom. The quantitative estimate of drug-likeness (QED) is 0.124. The zero-order chi connectivity index (χ0) is 31.6. The number of nitrogens with one attached hydrogen (secondary N) is 2. The second-order valence-electron chi connectivity index (χ2n) is 13.7. The number of ether oxygens (including phenoxy) is 1. The summed E-state index contributed by atoms with van der Waals surface area (Å²) < 4.78 is 39.8. The third-order valence-corrected chi connectivity index (χ3v) is 10.7. The van der Waals surface area contributed by atoms with Crippen molar-refractivity contribution in [2.75, 3.05) is 6.61 Å². The first-order valence-electron chi connectivity index (χ1n) is 15.6. The van der Waals surface area contributed by atoms with Gasteiger partial charge >= 0.3 is 0 Å². The minimum absolute atomic E-state index is 0.00499. The van der Waals surface area contributed by atoms with Gasteiger partial charge in [-0.05, 0) is 96.2 Å². The number of amides is 1. The summed E-state index contributed by atoms with van der Waals surface area (Å²) in [5, 5.41) is 21.6. The highest BCUT2D eigenvalue weighted by Gasteiger charge is 2.62. The molecule has 0 spiro atoms. The smallest absolute Gasteiger partial charge is 0.284 e. The molecule has 4 fully saturated rings. The van der Waals surface area contributed by atoms with Crippen LogP contribution in [-0.2, 0) is 16.9 Å². The van der Waals surface area contributed by atoms with E-state index < -0.39 is 29.4 Å². The zero-order valence-corrected chi connectivity index (χ0v) is 25.1. The number of carbonyl (C=O) groups is 1. The first-order valence-corrected chi connectivity index (χ1v) is 15.6. The van der Waals surface area contributed by atoms with Crippen molar-refractivity contribution in [2.45, 2.75) is 81.9 Å². The van der Waals surface area contributed by atoms with Crippen molar-refractivity contribution >= 4 is 5.91 Å². The van der Waals surface area contributed by atoms with Crippen molar-refractivity contribution in [1.82, 2.24) is 15.2 Å². The number of rotatable bonds is 11. The van der Waals surface area contributed by atoms with Crippen molar-refractivity contribution in [3.8, 4) is 28.0 Å². The van der Waals surface area contributed by atoms with Crippen molar-refractivity contribution in [2.24, 2.45) is 27.7 Å². The fourth-order valence-electron chi connectivity index (χ4n) is 9.39. The van der Waals surface area contributed by atoms with Crippen LogP contribution in [0.25, 0.3) is 22.3 Å². The van der Waals surface area contributed by atoms with Gasteiger partial charge in [-0.15, -0.1) is 4.91 Å². The molecule has 0 radical (unpaired) electrons. The van der Waals surface area contributed by atoms with Crippen molar-refractivity contribution in [1.29, 1.82) is 5.53 Å². The minimum atomic E-state index is -3.50. The number of alkyl halides is 2. The molecule has 12 heteroatoms. The third-order valence-electron chi connectivity index (χ3n) is 10.7. The van der Waals surface area contributed by atoms with Gasteiger partial charge in [0, 0.05) is 29.3 Å². The highest BCUT2D eigenvalue weighted by atomic mass is 19.3. The monoisotopic (exact) mass is 618 g/mol. The summed E-state index contributed by atoms with van der Waals surface area (Å²) in [4.78, 5) is 24.8. The van der Waals surface area contributed by atoms with Crippen LogP contribution in [0.2, 0.25) is 0 Å². The number of hydrogen-bond acceptors (Lipinski definition) is 8. The molecule has 8 rings (SSSR count). The molecule has 4 bridgehead atoms. The number of benzene rings is 2. The molecule has 5 aliphatic rings. The summed E-state index contributed by atoms with van der Waals surface area (Å²) in [6, 6.07) is 9.90. The molecule has 2 unspecified atom stereocenters. The normalized spacial score (nSPS) is 29.2. The zero-order valence-electron chi connectivity index (χ0n) is 25.1. The molecule has 0 saturated heterocycles. The summed E-state index contributed by atoms with van der Waals surface area (Å²) in [6.07, 6.45) is 9.11. The van der Waals surface area contributed by atoms with Gasteiger partial charge in [0.1, 0.15) is 12.3 Å². The Balaban J connectivity index is 1.29. The molecule has 1 amide bonds. The van der Waals surface area contributed by atoms with Crippen LogP contribution < -0.4 is 10.2 Å². The highest BCUT2D eigenvalue weighted by Crippen LogP contribution is 2.63. The second-order valence-corrected chi connectivity index (χ2v) is 13.7. The van der Waals surface area contributed by atoms with Crippen molar-refractivity contribution < 1.29 is 23.4 Å². The van der Waals surface area contributed by atoms with Gasteiger partial charge in [-0.3, -0.25) is 9.48 Å². The molecule has 10 nitrogen and oxygen atoms in total. The number of aromatic nitrogens is 2. The largest absolute Gasteiger partial charge is 0.494 e. The van der Waals surface area contributed by atoms with Crippen molar-refractivity contribution in [3.63, 3.8) is 0 Å². The number of nitrogens with zero attached hydrogens (tertiary/aromatic N) is 4. The number of fused-ring (bicyclic) bond motifs is 3. The topological polar surface area (TPSA) is 142 Å². The van der Waals surface area contributed by atoms with Crippen LogP contribution in [-0.4, -0.2) is 38.9 Å². The van der Waals surface area contributed by atoms with Crippen LogP contribution >= 0.6 is 0 Å². The highest BCUT2D eigenvalue weighted by molar-refractivity contribution is 5.93. The Hall–Kier alpha value is -4.06. The lowest BCUT2D eigenvalue weighted by Gasteiger charge is -2.60. The van der Waals surface area contributed by atoms with E-state index >= 15 is 8.78 Å². The van der Waals surface area contributed by atoms with Crippen LogP contribution in [0.3, 0.4) is 0 Å². The van der Waals surface area contributed by atoms with E-state index in [-0.39, 0.29) is 23.1 Å². The van der Waals surface area contributed by atoms with Gasteiger partial charge in [0.2, 0.25) is 5.54 Å². The Morgan fingerprint density at radius 2 is 1.93 bits per heavy atom. The molecule has 4 saturated carbocycles. The maximum atomic E-state index is 16.0. The predicted molar refractivity (Wildman–Crippen MR) is 160 cm³/mol. The maximum Gasteiger partial charge on any atom is 0.284 e. The van der Waals surface area contributed by atoms with E-state index in [1.54, 1.807) is 30.5 Å². The van der Waals surface area contributed by atoms with Gasteiger partial charge in [-0.25, -0.2) is 14.2 Å². The van der Waals surface area contributed by atoms with Crippen LogP contribution in [0, 0.1) is 27.7 Å². The number of carbonyl (C=O) groups excluding carboxylic acids is 1. The maximum absolute atomic E-state index is 16.0. The number of nitroso groups, excluding NO2 is 1. The van der Waals surface area contributed by atoms with E-state index in [0.29, 0.717) is 46.4 Å². The lowest BCUT2D eigenvalue weighted by atomic mass is 9.47. The molecule has 3 atom stereocenters. The fourth-order valence-corrected chi connectivity index (χ4v) is 9.39. The van der Waals surface area contributed by atoms with Gasteiger partial charge in [0.15, 0.2) is 0 Å². The minimum Gasteiger partial charge on any atom is -0.494 e. The summed E-state index contributed by atoms with van der Waals surface area (Å²) >= 11 is 0. The molecule has 0 aliphatic heterocycles. The molecule has 1 heterocycles. The van der Waals surface area contributed by atoms with Gasteiger partial charge in [0.25, 0.3) is 11.8 Å². The second kappa shape index (κ2) is 10.5.